The second kappa shape index (κ2) is 34.4. The fourth-order valence-electron chi connectivity index (χ4n) is 11.2. The van der Waals surface area contributed by atoms with Crippen LogP contribution in [0.3, 0.4) is 0 Å². The van der Waals surface area contributed by atoms with Crippen LogP contribution in [0.15, 0.2) is 282 Å². The number of rotatable bonds is 17. The molecule has 97 heavy (non-hydrogen) atoms. The summed E-state index contributed by atoms with van der Waals surface area (Å²) in [4.78, 5) is 65.3. The molecule has 0 bridgehead atoms. The third-order valence-corrected chi connectivity index (χ3v) is 15.5. The van der Waals surface area contributed by atoms with Crippen molar-refractivity contribution in [2.45, 2.75) is 87.5 Å². The number of hydrogen-bond donors (Lipinski definition) is 5. The van der Waals surface area contributed by atoms with Crippen molar-refractivity contribution < 1.29 is 4.79 Å². The number of aryl methyl sites for hydroxylation is 1. The third-order valence-electron chi connectivity index (χ3n) is 15.5. The number of carbonyl (C=O) groups excluding carboxylic acids is 1. The molecule has 2 aliphatic rings. The summed E-state index contributed by atoms with van der Waals surface area (Å²) in [6.07, 6.45) is 30.1. The molecule has 0 saturated heterocycles. The highest BCUT2D eigenvalue weighted by atomic mass is 16.2. The van der Waals surface area contributed by atoms with Gasteiger partial charge in [0.05, 0.1) is 32.7 Å². The van der Waals surface area contributed by atoms with Crippen molar-refractivity contribution in [3.05, 3.63) is 315 Å². The van der Waals surface area contributed by atoms with Gasteiger partial charge in [-0.25, -0.2) is 9.78 Å². The fourth-order valence-corrected chi connectivity index (χ4v) is 11.2. The fraction of sp³-hybridized carbons (Fsp3) is 0.183. The lowest BCUT2D eigenvalue weighted by Gasteiger charge is -2.21. The van der Waals surface area contributed by atoms with Crippen LogP contribution < -0.4 is 42.9 Å². The van der Waals surface area contributed by atoms with E-state index in [1.807, 2.05) is 228 Å². The van der Waals surface area contributed by atoms with Gasteiger partial charge in [-0.15, -0.1) is 0 Å². The number of allylic oxidation sites excluding steroid dienone is 10. The number of benzene rings is 5. The lowest BCUT2D eigenvalue weighted by Crippen LogP contribution is -2.22. The zero-order valence-electron chi connectivity index (χ0n) is 56.5. The van der Waals surface area contributed by atoms with Crippen molar-refractivity contribution in [1.29, 1.82) is 0 Å². The molecule has 2 aliphatic carbocycles. The van der Waals surface area contributed by atoms with E-state index in [2.05, 4.69) is 95.4 Å². The van der Waals surface area contributed by atoms with Crippen molar-refractivity contribution in [3.8, 4) is 11.4 Å². The number of carbonyl (C=O) groups is 1. The quantitative estimate of drug-likeness (QED) is 0.0550. The Hall–Kier alpha value is -11.7. The summed E-state index contributed by atoms with van der Waals surface area (Å²) in [5, 5.41) is 17.4. The molecular weight excluding hydrogens is 1200 g/mol. The molecule has 1 fully saturated rings. The van der Waals surface area contributed by atoms with E-state index in [1.54, 1.807) is 42.7 Å². The number of hydrogen-bond acceptors (Lipinski definition) is 10. The van der Waals surface area contributed by atoms with Gasteiger partial charge in [-0.1, -0.05) is 169 Å². The number of anilines is 7. The Kier molecular flexibility index (Phi) is 24.7. The van der Waals surface area contributed by atoms with E-state index < -0.39 is 6.03 Å². The highest BCUT2D eigenvalue weighted by molar-refractivity contribution is 6.05. The first kappa shape index (κ1) is 69.6. The van der Waals surface area contributed by atoms with Gasteiger partial charge in [0.2, 0.25) is 0 Å². The number of amides is 2. The summed E-state index contributed by atoms with van der Waals surface area (Å²) < 4.78 is 6.19. The van der Waals surface area contributed by atoms with Crippen LogP contribution in [-0.2, 0) is 12.8 Å². The SMILES string of the molecule is C=C/C(=C\C=C/C)n1c(Nc2ccccc2)cc(=O)c2cncc(CC(C)C)c21.CC.CC.Cc1cc2c(c(NC(=O)Nc3ccccc3)n1)c(=O)cc(NC1=CC=CCC=C1)n2-c1ccccc1.O=c1cc(Nc2ccccc2)n(-c2ccccc2)c2c(CC3CC3)cncc12. The van der Waals surface area contributed by atoms with Crippen molar-refractivity contribution in [2.75, 3.05) is 26.6 Å². The van der Waals surface area contributed by atoms with Gasteiger partial charge in [-0.2, -0.15) is 0 Å². The van der Waals surface area contributed by atoms with E-state index in [0.717, 1.165) is 81.4 Å². The average Bonchev–Trinajstić information content (AvgIpc) is 1.64. The van der Waals surface area contributed by atoms with Crippen LogP contribution in [0, 0.1) is 18.8 Å². The number of pyridine rings is 6. The summed E-state index contributed by atoms with van der Waals surface area (Å²) in [6.45, 7) is 20.1. The smallest absolute Gasteiger partial charge is 0.324 e. The summed E-state index contributed by atoms with van der Waals surface area (Å²) in [5.74, 6) is 3.41. The Labute approximate surface area is 567 Å². The van der Waals surface area contributed by atoms with Gasteiger partial charge in [0.25, 0.3) is 0 Å². The molecule has 15 heteroatoms. The standard InChI is InChI=1S/C29H25N5O2.C25H27N3O.C24H21N3O.2C2H6/c1-20-18-24-27(28(30-20)33-29(36)32-22-14-8-4-9-15-22)25(35)19-26(31-21-12-6-2-3-7-13-21)34(24)23-16-10-5-11-17-23;1-5-7-13-21(6-2)28-24(27-20-11-9-8-10-12-20)15-23(29)22-17-26-16-19(25(22)28)14-18(3)4;28-22-14-23(26-19-7-3-1-4-8-19)27(20-9-5-2-6-10-20)24-18(13-17-11-12-17)15-25-16-21(22)24;2*1-2/h2,4-19,31H,3H2,1H3,(H2,30,32,33,36);5-13,15-18,27H,2,14H2,1,3-4H3;1-10,14-17,26H,11-13H2;2*1-2H3/b;7-5-,21-13+;;;. The Morgan fingerprint density at radius 2 is 1.13 bits per heavy atom. The van der Waals surface area contributed by atoms with Crippen LogP contribution in [-0.4, -0.2) is 34.7 Å². The predicted octanol–water partition coefficient (Wildman–Crippen LogP) is 19.2. The second-order valence-corrected chi connectivity index (χ2v) is 23.1. The van der Waals surface area contributed by atoms with E-state index in [-0.39, 0.29) is 22.1 Å². The van der Waals surface area contributed by atoms with Gasteiger partial charge >= 0.3 is 6.03 Å². The highest BCUT2D eigenvalue weighted by Crippen LogP contribution is 2.36. The third kappa shape index (κ3) is 18.0. The van der Waals surface area contributed by atoms with Crippen molar-refractivity contribution in [3.63, 3.8) is 0 Å². The molecule has 15 nitrogen and oxygen atoms in total. The lowest BCUT2D eigenvalue weighted by molar-refractivity contribution is 0.262. The van der Waals surface area contributed by atoms with Crippen LogP contribution in [0.25, 0.3) is 49.8 Å². The molecule has 1 saturated carbocycles. The molecule has 0 spiro atoms. The molecule has 5 aromatic carbocycles. The maximum Gasteiger partial charge on any atom is 0.324 e. The molecule has 6 aromatic heterocycles. The zero-order chi connectivity index (χ0) is 68.6. The van der Waals surface area contributed by atoms with Crippen LogP contribution in [0.4, 0.5) is 45.1 Å². The molecule has 13 rings (SSSR count). The molecule has 0 aliphatic heterocycles. The maximum atomic E-state index is 13.4. The summed E-state index contributed by atoms with van der Waals surface area (Å²) >= 11 is 0. The van der Waals surface area contributed by atoms with Gasteiger partial charge < -0.3 is 21.3 Å². The van der Waals surface area contributed by atoms with Crippen LogP contribution in [0.5, 0.6) is 0 Å². The first-order valence-electron chi connectivity index (χ1n) is 33.2. The van der Waals surface area contributed by atoms with E-state index in [4.69, 9.17) is 0 Å². The molecule has 2 amide bonds. The Morgan fingerprint density at radius 3 is 1.71 bits per heavy atom. The number of urea groups is 1. The first-order valence-corrected chi connectivity index (χ1v) is 33.2. The molecule has 0 radical (unpaired) electrons. The van der Waals surface area contributed by atoms with Gasteiger partial charge in [-0.05, 0) is 160 Å². The number of nitrogens with one attached hydrogen (secondary N) is 5. The van der Waals surface area contributed by atoms with Crippen LogP contribution in [0.1, 0.15) is 84.5 Å². The number of aromatic nitrogens is 6. The van der Waals surface area contributed by atoms with Crippen LogP contribution >= 0.6 is 0 Å². The predicted molar refractivity (Wildman–Crippen MR) is 406 cm³/mol. The van der Waals surface area contributed by atoms with Gasteiger partial charge in [0.15, 0.2) is 16.3 Å². The summed E-state index contributed by atoms with van der Waals surface area (Å²) in [6, 6.07) is 55.1. The number of fused-ring (bicyclic) bond motifs is 3. The highest BCUT2D eigenvalue weighted by Gasteiger charge is 2.25. The summed E-state index contributed by atoms with van der Waals surface area (Å²) in [7, 11) is 0. The number of para-hydroxylation sites is 5. The largest absolute Gasteiger partial charge is 0.341 e. The van der Waals surface area contributed by atoms with Gasteiger partial charge in [-0.3, -0.25) is 43.4 Å². The summed E-state index contributed by atoms with van der Waals surface area (Å²) in [5.41, 5.74) is 11.1. The van der Waals surface area contributed by atoms with Crippen molar-refractivity contribution >= 4 is 84.8 Å². The first-order chi connectivity index (χ1) is 47.4. The van der Waals surface area contributed by atoms with Crippen molar-refractivity contribution in [2.24, 2.45) is 11.8 Å². The molecule has 492 valence electrons. The average molecular weight is 1290 g/mol. The number of nitrogens with zero attached hydrogens (tertiary/aromatic N) is 6. The van der Waals surface area contributed by atoms with E-state index >= 15 is 0 Å². The molecule has 5 N–H and O–H groups in total. The van der Waals surface area contributed by atoms with Gasteiger partial charge in [0.1, 0.15) is 23.3 Å². The minimum Gasteiger partial charge on any atom is -0.341 e. The Morgan fingerprint density at radius 1 is 0.608 bits per heavy atom. The van der Waals surface area contributed by atoms with Gasteiger partial charge in [0, 0.05) is 88.5 Å². The minimum absolute atomic E-state index is 0.00856. The Balaban J connectivity index is 0.000000168. The topological polar surface area (TPSA) is 182 Å². The molecule has 6 heterocycles. The molecule has 0 unspecified atom stereocenters. The maximum absolute atomic E-state index is 13.4. The van der Waals surface area contributed by atoms with E-state index in [9.17, 15) is 19.2 Å². The zero-order valence-corrected chi connectivity index (χ0v) is 56.5. The minimum atomic E-state index is -0.478. The van der Waals surface area contributed by atoms with E-state index in [1.165, 1.54) is 18.9 Å². The molecule has 11 aromatic rings. The van der Waals surface area contributed by atoms with Crippen LogP contribution in [0.2, 0.25) is 0 Å². The monoisotopic (exact) mass is 1290 g/mol. The molecule has 0 atom stereocenters. The Bertz CT molecular complexity index is 4840. The van der Waals surface area contributed by atoms with E-state index in [0.29, 0.717) is 56.5 Å². The normalized spacial score (nSPS) is 12.3. The second-order valence-electron chi connectivity index (χ2n) is 23.1. The molecular formula is C82H85N11O4. The lowest BCUT2D eigenvalue weighted by atomic mass is 10.0. The van der Waals surface area contributed by atoms with Crippen molar-refractivity contribution in [1.82, 2.24) is 28.7 Å².